The number of pyridine rings is 1. The van der Waals surface area contributed by atoms with Crippen LogP contribution in [0.15, 0.2) is 30.0 Å². The van der Waals surface area contributed by atoms with Crippen molar-refractivity contribution in [3.63, 3.8) is 0 Å². The first-order valence-electron chi connectivity index (χ1n) is 8.05. The third kappa shape index (κ3) is 4.07. The second-order valence-electron chi connectivity index (χ2n) is 6.90. The van der Waals surface area contributed by atoms with Gasteiger partial charge >= 0.3 is 0 Å². The van der Waals surface area contributed by atoms with Gasteiger partial charge < -0.3 is 10.2 Å². The molecule has 0 saturated carbocycles. The molecule has 1 aliphatic rings. The molecule has 0 bridgehead atoms. The van der Waals surface area contributed by atoms with E-state index in [1.165, 1.54) is 5.56 Å². The topological polar surface area (TPSA) is 28.2 Å². The van der Waals surface area contributed by atoms with Crippen LogP contribution in [0.5, 0.6) is 0 Å². The Hall–Kier alpha value is -1.35. The summed E-state index contributed by atoms with van der Waals surface area (Å²) in [5.74, 6) is 1.10. The van der Waals surface area contributed by atoms with Gasteiger partial charge in [-0.15, -0.1) is 0 Å². The Balaban J connectivity index is 2.10. The number of nitrogens with one attached hydrogen (secondary N) is 1. The molecule has 1 aromatic heterocycles. The molecule has 2 rings (SSSR count). The van der Waals surface area contributed by atoms with Crippen molar-refractivity contribution in [2.45, 2.75) is 47.1 Å². The van der Waals surface area contributed by atoms with E-state index in [4.69, 9.17) is 0 Å². The summed E-state index contributed by atoms with van der Waals surface area (Å²) in [4.78, 5) is 6.93. The van der Waals surface area contributed by atoms with E-state index in [-0.39, 0.29) is 0 Å². The third-order valence-corrected chi connectivity index (χ3v) is 4.28. The minimum atomic E-state index is 0.293. The molecule has 0 fully saturated rings. The SMILES string of the molecule is CCNC(C)c1ccnc(N2CC=C(C(C)(C)C)CC2)c1. The van der Waals surface area contributed by atoms with Crippen molar-refractivity contribution in [1.82, 2.24) is 10.3 Å². The van der Waals surface area contributed by atoms with Crippen LogP contribution in [0.2, 0.25) is 0 Å². The van der Waals surface area contributed by atoms with Crippen LogP contribution in [0.4, 0.5) is 5.82 Å². The maximum Gasteiger partial charge on any atom is 0.129 e. The van der Waals surface area contributed by atoms with E-state index in [1.807, 2.05) is 6.20 Å². The van der Waals surface area contributed by atoms with Crippen molar-refractivity contribution < 1.29 is 0 Å². The smallest absolute Gasteiger partial charge is 0.129 e. The molecule has 116 valence electrons. The molecule has 0 saturated heterocycles. The zero-order chi connectivity index (χ0) is 15.5. The number of hydrogen-bond donors (Lipinski definition) is 1. The lowest BCUT2D eigenvalue weighted by Gasteiger charge is -2.33. The number of aromatic nitrogens is 1. The van der Waals surface area contributed by atoms with E-state index in [1.54, 1.807) is 5.57 Å². The zero-order valence-corrected chi connectivity index (χ0v) is 14.1. The molecule has 3 nitrogen and oxygen atoms in total. The summed E-state index contributed by atoms with van der Waals surface area (Å²) in [6.07, 6.45) is 5.45. The standard InChI is InChI=1S/C18H29N3/c1-6-19-14(2)15-7-10-20-17(13-15)21-11-8-16(9-12-21)18(3,4)5/h7-8,10,13-14,19H,6,9,11-12H2,1-5H3. The quantitative estimate of drug-likeness (QED) is 0.850. The van der Waals surface area contributed by atoms with E-state index in [9.17, 15) is 0 Å². The van der Waals surface area contributed by atoms with Gasteiger partial charge in [0.05, 0.1) is 0 Å². The van der Waals surface area contributed by atoms with Crippen molar-refractivity contribution in [1.29, 1.82) is 0 Å². The Morgan fingerprint density at radius 2 is 2.14 bits per heavy atom. The summed E-state index contributed by atoms with van der Waals surface area (Å²) in [7, 11) is 0. The predicted molar refractivity (Wildman–Crippen MR) is 90.7 cm³/mol. The molecule has 0 radical (unpaired) electrons. The van der Waals surface area contributed by atoms with Gasteiger partial charge in [0, 0.05) is 25.3 Å². The highest BCUT2D eigenvalue weighted by molar-refractivity contribution is 5.44. The summed E-state index contributed by atoms with van der Waals surface area (Å²) in [6.45, 7) is 14.3. The van der Waals surface area contributed by atoms with Crippen LogP contribution in [0.3, 0.4) is 0 Å². The van der Waals surface area contributed by atoms with Gasteiger partial charge in [0.1, 0.15) is 5.82 Å². The number of nitrogens with zero attached hydrogens (tertiary/aromatic N) is 2. The lowest BCUT2D eigenvalue weighted by atomic mass is 9.83. The van der Waals surface area contributed by atoms with Crippen molar-refractivity contribution in [2.24, 2.45) is 5.41 Å². The van der Waals surface area contributed by atoms with E-state index in [0.29, 0.717) is 11.5 Å². The second-order valence-corrected chi connectivity index (χ2v) is 6.90. The summed E-state index contributed by atoms with van der Waals surface area (Å²) in [5, 5.41) is 3.46. The summed E-state index contributed by atoms with van der Waals surface area (Å²) in [5.41, 5.74) is 3.17. The molecular formula is C18H29N3. The van der Waals surface area contributed by atoms with Gasteiger partial charge in [-0.3, -0.25) is 0 Å². The van der Waals surface area contributed by atoms with Crippen LogP contribution in [-0.4, -0.2) is 24.6 Å². The van der Waals surface area contributed by atoms with Crippen LogP contribution in [0.1, 0.15) is 52.6 Å². The molecule has 0 amide bonds. The number of hydrogen-bond acceptors (Lipinski definition) is 3. The number of rotatable bonds is 4. The van der Waals surface area contributed by atoms with E-state index in [2.05, 4.69) is 68.0 Å². The fourth-order valence-corrected chi connectivity index (χ4v) is 2.86. The molecular weight excluding hydrogens is 258 g/mol. The maximum absolute atomic E-state index is 4.56. The lowest BCUT2D eigenvalue weighted by molar-refractivity contribution is 0.472. The Labute approximate surface area is 129 Å². The molecule has 0 aromatic carbocycles. The summed E-state index contributed by atoms with van der Waals surface area (Å²) in [6, 6.07) is 4.71. The first-order valence-corrected chi connectivity index (χ1v) is 8.05. The molecule has 1 aliphatic heterocycles. The molecule has 0 spiro atoms. The molecule has 2 heterocycles. The normalized spacial score (nSPS) is 17.6. The third-order valence-electron chi connectivity index (χ3n) is 4.28. The van der Waals surface area contributed by atoms with Gasteiger partial charge in [0.25, 0.3) is 0 Å². The highest BCUT2D eigenvalue weighted by Crippen LogP contribution is 2.31. The average molecular weight is 287 g/mol. The molecule has 3 heteroatoms. The van der Waals surface area contributed by atoms with Gasteiger partial charge in [-0.2, -0.15) is 0 Å². The second kappa shape index (κ2) is 6.61. The maximum atomic E-state index is 4.56. The van der Waals surface area contributed by atoms with Crippen molar-refractivity contribution in [3.05, 3.63) is 35.5 Å². The van der Waals surface area contributed by atoms with Crippen molar-refractivity contribution >= 4 is 5.82 Å². The lowest BCUT2D eigenvalue weighted by Crippen LogP contribution is -2.32. The van der Waals surface area contributed by atoms with Gasteiger partial charge in [0.15, 0.2) is 0 Å². The molecule has 21 heavy (non-hydrogen) atoms. The fraction of sp³-hybridized carbons (Fsp3) is 0.611. The molecule has 1 unspecified atom stereocenters. The average Bonchev–Trinajstić information content (AvgIpc) is 2.47. The Morgan fingerprint density at radius 3 is 2.71 bits per heavy atom. The van der Waals surface area contributed by atoms with Crippen molar-refractivity contribution in [3.8, 4) is 0 Å². The van der Waals surface area contributed by atoms with E-state index in [0.717, 1.165) is 31.9 Å². The Morgan fingerprint density at radius 1 is 1.38 bits per heavy atom. The van der Waals surface area contributed by atoms with E-state index >= 15 is 0 Å². The van der Waals surface area contributed by atoms with Crippen LogP contribution >= 0.6 is 0 Å². The van der Waals surface area contributed by atoms with Gasteiger partial charge in [-0.05, 0) is 43.0 Å². The number of anilines is 1. The van der Waals surface area contributed by atoms with Gasteiger partial charge in [0.2, 0.25) is 0 Å². The minimum Gasteiger partial charge on any atom is -0.353 e. The van der Waals surface area contributed by atoms with E-state index < -0.39 is 0 Å². The van der Waals surface area contributed by atoms with Crippen LogP contribution in [0, 0.1) is 5.41 Å². The Kier molecular flexibility index (Phi) is 5.04. The molecule has 1 N–H and O–H groups in total. The molecule has 1 atom stereocenters. The van der Waals surface area contributed by atoms with Crippen LogP contribution < -0.4 is 10.2 Å². The highest BCUT2D eigenvalue weighted by atomic mass is 15.2. The predicted octanol–water partition coefficient (Wildman–Crippen LogP) is 3.93. The Bertz CT molecular complexity index is 499. The first kappa shape index (κ1) is 16.0. The zero-order valence-electron chi connectivity index (χ0n) is 14.1. The van der Waals surface area contributed by atoms with Gasteiger partial charge in [-0.1, -0.05) is 39.3 Å². The molecule has 1 aromatic rings. The fourth-order valence-electron chi connectivity index (χ4n) is 2.86. The van der Waals surface area contributed by atoms with Crippen LogP contribution in [-0.2, 0) is 0 Å². The monoisotopic (exact) mass is 287 g/mol. The van der Waals surface area contributed by atoms with Crippen molar-refractivity contribution in [2.75, 3.05) is 24.5 Å². The van der Waals surface area contributed by atoms with Gasteiger partial charge in [-0.25, -0.2) is 4.98 Å². The minimum absolute atomic E-state index is 0.293. The highest BCUT2D eigenvalue weighted by Gasteiger charge is 2.22. The first-order chi connectivity index (χ1) is 9.91. The van der Waals surface area contributed by atoms with Crippen LogP contribution in [0.25, 0.3) is 0 Å². The largest absolute Gasteiger partial charge is 0.353 e. The molecule has 0 aliphatic carbocycles. The summed E-state index contributed by atoms with van der Waals surface area (Å²) < 4.78 is 0. The summed E-state index contributed by atoms with van der Waals surface area (Å²) >= 11 is 0.